The Morgan fingerprint density at radius 2 is 1.23 bits per heavy atom. The Bertz CT molecular complexity index is 1160. The molecule has 0 aromatic carbocycles. The van der Waals surface area contributed by atoms with Crippen LogP contribution in [0.4, 0.5) is 26.3 Å². The lowest BCUT2D eigenvalue weighted by atomic mass is 9.79. The molecule has 2 amide bonds. The van der Waals surface area contributed by atoms with Crippen molar-refractivity contribution in [2.24, 2.45) is 5.41 Å². The highest BCUT2D eigenvalue weighted by atomic mass is 19.4. The van der Waals surface area contributed by atoms with Crippen molar-refractivity contribution >= 4 is 23.8 Å². The van der Waals surface area contributed by atoms with E-state index >= 15 is 0 Å². The predicted octanol–water partition coefficient (Wildman–Crippen LogP) is 3.51. The van der Waals surface area contributed by atoms with E-state index < -0.39 is 24.3 Å². The van der Waals surface area contributed by atoms with Crippen molar-refractivity contribution < 1.29 is 55.7 Å². The number of amides is 2. The molecule has 0 radical (unpaired) electrons. The van der Waals surface area contributed by atoms with Crippen LogP contribution in [0.15, 0.2) is 49.1 Å². The van der Waals surface area contributed by atoms with Crippen LogP contribution in [-0.4, -0.2) is 92.3 Å². The Hall–Kier alpha value is -4.24. The van der Waals surface area contributed by atoms with Gasteiger partial charge in [-0.15, -0.1) is 0 Å². The summed E-state index contributed by atoms with van der Waals surface area (Å²) in [5.74, 6) is -5.42. The molecular formula is C24H24F6N4O6. The summed E-state index contributed by atoms with van der Waals surface area (Å²) in [4.78, 5) is 55.2. The molecule has 2 aromatic rings. The third-order valence-electron chi connectivity index (χ3n) is 5.99. The third kappa shape index (κ3) is 9.20. The normalized spacial score (nSPS) is 18.6. The number of rotatable bonds is 2. The first kappa shape index (κ1) is 32.0. The number of carboxylic acid groups (broad SMARTS) is 2. The molecule has 40 heavy (non-hydrogen) atoms. The number of hydrogen-bond acceptors (Lipinski definition) is 6. The van der Waals surface area contributed by atoms with Gasteiger partial charge in [0.2, 0.25) is 0 Å². The fraction of sp³-hybridized carbons (Fsp3) is 0.417. The van der Waals surface area contributed by atoms with E-state index in [-0.39, 0.29) is 17.2 Å². The van der Waals surface area contributed by atoms with Crippen LogP contribution in [0.1, 0.15) is 40.0 Å². The average Bonchev–Trinajstić information content (AvgIpc) is 3.31. The van der Waals surface area contributed by atoms with E-state index in [9.17, 15) is 35.9 Å². The number of halogens is 6. The van der Waals surface area contributed by atoms with E-state index in [4.69, 9.17) is 19.8 Å². The first-order valence-electron chi connectivity index (χ1n) is 11.5. The van der Waals surface area contributed by atoms with Crippen LogP contribution in [-0.2, 0) is 9.59 Å². The quantitative estimate of drug-likeness (QED) is 0.516. The number of hydrogen-bond donors (Lipinski definition) is 2. The molecule has 16 heteroatoms. The van der Waals surface area contributed by atoms with Gasteiger partial charge in [0.1, 0.15) is 0 Å². The van der Waals surface area contributed by atoms with Gasteiger partial charge in [0.15, 0.2) is 0 Å². The summed E-state index contributed by atoms with van der Waals surface area (Å²) in [6, 6.07) is 7.11. The van der Waals surface area contributed by atoms with Crippen LogP contribution in [0.2, 0.25) is 0 Å². The summed E-state index contributed by atoms with van der Waals surface area (Å²) in [5, 5.41) is 14.2. The molecule has 1 unspecified atom stereocenters. The Morgan fingerprint density at radius 3 is 1.70 bits per heavy atom. The van der Waals surface area contributed by atoms with Crippen molar-refractivity contribution in [2.75, 3.05) is 26.2 Å². The number of aliphatic carboxylic acids is 2. The summed E-state index contributed by atoms with van der Waals surface area (Å²) in [5.41, 5.74) is 1.32. The Kier molecular flexibility index (Phi) is 10.6. The molecule has 4 heterocycles. The van der Waals surface area contributed by atoms with Crippen LogP contribution >= 0.6 is 0 Å². The summed E-state index contributed by atoms with van der Waals surface area (Å²) in [6.07, 6.45) is -0.596. The molecule has 218 valence electrons. The van der Waals surface area contributed by atoms with Gasteiger partial charge < -0.3 is 20.0 Å². The highest BCUT2D eigenvalue weighted by Gasteiger charge is 2.44. The molecule has 2 N–H and O–H groups in total. The zero-order valence-electron chi connectivity index (χ0n) is 20.7. The lowest BCUT2D eigenvalue weighted by molar-refractivity contribution is -0.193. The SMILES string of the molecule is O=C(O)C(F)(F)F.O=C(O)C(F)(F)F.O=C(c1cccnc1)N1CCCC2(CCN(C(=O)c3ccncc3)C2)C1. The van der Waals surface area contributed by atoms with Crippen molar-refractivity contribution in [3.63, 3.8) is 0 Å². The number of aromatic nitrogens is 2. The van der Waals surface area contributed by atoms with Crippen LogP contribution in [0.5, 0.6) is 0 Å². The molecule has 2 fully saturated rings. The Labute approximate surface area is 223 Å². The topological polar surface area (TPSA) is 141 Å². The average molecular weight is 578 g/mol. The van der Waals surface area contributed by atoms with E-state index in [1.54, 1.807) is 43.0 Å². The lowest BCUT2D eigenvalue weighted by Gasteiger charge is -2.40. The number of likely N-dealkylation sites (tertiary alicyclic amines) is 2. The number of carbonyl (C=O) groups excluding carboxylic acids is 2. The standard InChI is InChI=1S/C20H22N4O2.2C2HF3O2/c25-18(16-4-9-21-10-5-16)24-12-7-20(15-24)6-2-11-23(14-20)19(26)17-3-1-8-22-13-17;2*3-2(4,5)1(6)7/h1,3-5,8-10,13H,2,6-7,11-12,14-15H2;2*(H,6,7). The number of alkyl halides is 6. The Morgan fingerprint density at radius 1 is 0.725 bits per heavy atom. The monoisotopic (exact) mass is 578 g/mol. The van der Waals surface area contributed by atoms with E-state index in [2.05, 4.69) is 9.97 Å². The van der Waals surface area contributed by atoms with E-state index in [1.807, 2.05) is 15.9 Å². The van der Waals surface area contributed by atoms with Crippen LogP contribution < -0.4 is 0 Å². The zero-order valence-corrected chi connectivity index (χ0v) is 20.7. The highest BCUT2D eigenvalue weighted by molar-refractivity contribution is 5.95. The summed E-state index contributed by atoms with van der Waals surface area (Å²) >= 11 is 0. The highest BCUT2D eigenvalue weighted by Crippen LogP contribution is 2.39. The maximum Gasteiger partial charge on any atom is 0.490 e. The molecule has 1 spiro atoms. The largest absolute Gasteiger partial charge is 0.490 e. The van der Waals surface area contributed by atoms with Gasteiger partial charge in [0, 0.05) is 61.9 Å². The van der Waals surface area contributed by atoms with Crippen molar-refractivity contribution in [2.45, 2.75) is 31.6 Å². The van der Waals surface area contributed by atoms with Gasteiger partial charge in [-0.25, -0.2) is 9.59 Å². The molecular weight excluding hydrogens is 554 g/mol. The smallest absolute Gasteiger partial charge is 0.475 e. The molecule has 4 rings (SSSR count). The first-order valence-corrected chi connectivity index (χ1v) is 11.5. The molecule has 0 bridgehead atoms. The maximum absolute atomic E-state index is 12.8. The van der Waals surface area contributed by atoms with E-state index in [0.717, 1.165) is 32.4 Å². The number of carbonyl (C=O) groups is 4. The molecule has 2 aliphatic rings. The molecule has 2 aromatic heterocycles. The van der Waals surface area contributed by atoms with Gasteiger partial charge in [-0.05, 0) is 43.5 Å². The van der Waals surface area contributed by atoms with Gasteiger partial charge in [-0.3, -0.25) is 19.6 Å². The third-order valence-corrected chi connectivity index (χ3v) is 5.99. The minimum Gasteiger partial charge on any atom is -0.475 e. The van der Waals surface area contributed by atoms with Gasteiger partial charge >= 0.3 is 24.3 Å². The minimum atomic E-state index is -5.08. The van der Waals surface area contributed by atoms with Crippen molar-refractivity contribution in [1.82, 2.24) is 19.8 Å². The minimum absolute atomic E-state index is 0.0127. The van der Waals surface area contributed by atoms with Gasteiger partial charge in [0.05, 0.1) is 5.56 Å². The fourth-order valence-electron chi connectivity index (χ4n) is 4.17. The summed E-state index contributed by atoms with van der Waals surface area (Å²) < 4.78 is 63.5. The van der Waals surface area contributed by atoms with Gasteiger partial charge in [-0.2, -0.15) is 26.3 Å². The number of carboxylic acids is 2. The number of piperidine rings is 1. The maximum atomic E-state index is 12.8. The van der Waals surface area contributed by atoms with Crippen LogP contribution in [0.25, 0.3) is 0 Å². The van der Waals surface area contributed by atoms with Gasteiger partial charge in [-0.1, -0.05) is 0 Å². The second-order valence-corrected chi connectivity index (χ2v) is 8.89. The number of nitrogens with zero attached hydrogens (tertiary/aromatic N) is 4. The number of pyridine rings is 2. The molecule has 2 saturated heterocycles. The second-order valence-electron chi connectivity index (χ2n) is 8.89. The van der Waals surface area contributed by atoms with Gasteiger partial charge in [0.25, 0.3) is 11.8 Å². The molecule has 1 atom stereocenters. The van der Waals surface area contributed by atoms with Crippen molar-refractivity contribution in [1.29, 1.82) is 0 Å². The predicted molar refractivity (Wildman–Crippen MR) is 124 cm³/mol. The van der Waals surface area contributed by atoms with Crippen molar-refractivity contribution in [3.8, 4) is 0 Å². The molecule has 0 aliphatic carbocycles. The van der Waals surface area contributed by atoms with Crippen LogP contribution in [0, 0.1) is 5.41 Å². The van der Waals surface area contributed by atoms with E-state index in [0.29, 0.717) is 24.2 Å². The van der Waals surface area contributed by atoms with Crippen molar-refractivity contribution in [3.05, 3.63) is 60.2 Å². The lowest BCUT2D eigenvalue weighted by Crippen LogP contribution is -2.47. The molecule has 0 saturated carbocycles. The second kappa shape index (κ2) is 13.2. The summed E-state index contributed by atoms with van der Waals surface area (Å²) in [6.45, 7) is 2.94. The fourth-order valence-corrected chi connectivity index (χ4v) is 4.17. The molecule has 10 nitrogen and oxygen atoms in total. The van der Waals surface area contributed by atoms with E-state index in [1.165, 1.54) is 0 Å². The Balaban J connectivity index is 0.000000333. The summed E-state index contributed by atoms with van der Waals surface area (Å²) in [7, 11) is 0. The zero-order chi connectivity index (χ0) is 30.1. The first-order chi connectivity index (χ1) is 18.6. The van der Waals surface area contributed by atoms with Crippen LogP contribution in [0.3, 0.4) is 0 Å². The molecule has 2 aliphatic heterocycles.